The molecule has 1 atom stereocenters. The fourth-order valence-electron chi connectivity index (χ4n) is 4.60. The maximum atomic E-state index is 12.1. The standard InChI is InChI=1S/C25H28N2O4/c1-5-27-16(2)14-25(15-26)21-10-8-19(23(28)30-3)12-17(21)6-7-18-13-20(24(29)31-4)9-11-22(18)25/h8-13,16,27H,5-7,14H2,1-4H3/t16-/m0/s1. The summed E-state index contributed by atoms with van der Waals surface area (Å²) < 4.78 is 9.77. The number of benzene rings is 2. The molecule has 0 unspecified atom stereocenters. The van der Waals surface area contributed by atoms with Crippen LogP contribution in [-0.4, -0.2) is 38.7 Å². The Labute approximate surface area is 183 Å². The number of esters is 2. The summed E-state index contributed by atoms with van der Waals surface area (Å²) in [4.78, 5) is 24.2. The third-order valence-electron chi connectivity index (χ3n) is 5.99. The van der Waals surface area contributed by atoms with E-state index < -0.39 is 17.4 Å². The first-order valence-corrected chi connectivity index (χ1v) is 10.5. The summed E-state index contributed by atoms with van der Waals surface area (Å²) in [7, 11) is 2.71. The average Bonchev–Trinajstić information content (AvgIpc) is 2.92. The molecule has 6 nitrogen and oxygen atoms in total. The smallest absolute Gasteiger partial charge is 0.337 e. The van der Waals surface area contributed by atoms with Crippen molar-refractivity contribution in [1.82, 2.24) is 5.32 Å². The van der Waals surface area contributed by atoms with E-state index in [1.165, 1.54) is 14.2 Å². The Morgan fingerprint density at radius 2 is 1.52 bits per heavy atom. The van der Waals surface area contributed by atoms with Gasteiger partial charge < -0.3 is 14.8 Å². The fraction of sp³-hybridized carbons (Fsp3) is 0.400. The summed E-state index contributed by atoms with van der Waals surface area (Å²) in [5, 5.41) is 14.0. The van der Waals surface area contributed by atoms with Crippen LogP contribution in [0.15, 0.2) is 36.4 Å². The molecule has 6 heteroatoms. The quantitative estimate of drug-likeness (QED) is 0.719. The van der Waals surface area contributed by atoms with Gasteiger partial charge in [0.25, 0.3) is 0 Å². The van der Waals surface area contributed by atoms with Gasteiger partial charge in [0.15, 0.2) is 0 Å². The molecular weight excluding hydrogens is 392 g/mol. The largest absolute Gasteiger partial charge is 0.465 e. The molecule has 3 rings (SSSR count). The number of aryl methyl sites for hydroxylation is 2. The zero-order valence-electron chi connectivity index (χ0n) is 18.5. The zero-order chi connectivity index (χ0) is 22.6. The third-order valence-corrected chi connectivity index (χ3v) is 5.99. The van der Waals surface area contributed by atoms with Crippen molar-refractivity contribution in [3.63, 3.8) is 0 Å². The van der Waals surface area contributed by atoms with Crippen LogP contribution >= 0.6 is 0 Å². The lowest BCUT2D eigenvalue weighted by atomic mass is 9.69. The van der Waals surface area contributed by atoms with Gasteiger partial charge in [-0.15, -0.1) is 0 Å². The van der Waals surface area contributed by atoms with Crippen molar-refractivity contribution in [3.05, 3.63) is 69.8 Å². The van der Waals surface area contributed by atoms with Crippen molar-refractivity contribution >= 4 is 11.9 Å². The van der Waals surface area contributed by atoms with E-state index in [0.29, 0.717) is 30.4 Å². The van der Waals surface area contributed by atoms with E-state index in [1.807, 2.05) is 31.2 Å². The van der Waals surface area contributed by atoms with Crippen LogP contribution in [0.25, 0.3) is 0 Å². The molecule has 31 heavy (non-hydrogen) atoms. The molecule has 2 aromatic rings. The minimum atomic E-state index is -0.911. The van der Waals surface area contributed by atoms with Gasteiger partial charge in [-0.1, -0.05) is 19.1 Å². The second-order valence-corrected chi connectivity index (χ2v) is 7.91. The van der Waals surface area contributed by atoms with Crippen molar-refractivity contribution < 1.29 is 19.1 Å². The second kappa shape index (κ2) is 9.32. The lowest BCUT2D eigenvalue weighted by molar-refractivity contribution is 0.0591. The number of carbonyl (C=O) groups is 2. The molecule has 0 amide bonds. The van der Waals surface area contributed by atoms with Gasteiger partial charge in [0.2, 0.25) is 0 Å². The predicted octanol–water partition coefficient (Wildman–Crippen LogP) is 3.56. The molecule has 1 N–H and O–H groups in total. The van der Waals surface area contributed by atoms with E-state index in [0.717, 1.165) is 28.8 Å². The Kier molecular flexibility index (Phi) is 6.77. The van der Waals surface area contributed by atoms with Crippen LogP contribution in [0.5, 0.6) is 0 Å². The molecule has 0 aliphatic heterocycles. The Hall–Kier alpha value is -3.17. The van der Waals surface area contributed by atoms with Gasteiger partial charge in [0, 0.05) is 6.04 Å². The number of methoxy groups -OCH3 is 2. The van der Waals surface area contributed by atoms with Crippen LogP contribution in [0.1, 0.15) is 63.2 Å². The fourth-order valence-corrected chi connectivity index (χ4v) is 4.60. The van der Waals surface area contributed by atoms with Crippen molar-refractivity contribution in [2.45, 2.75) is 44.6 Å². The molecule has 0 spiro atoms. The molecule has 0 radical (unpaired) electrons. The van der Waals surface area contributed by atoms with Gasteiger partial charge in [-0.3, -0.25) is 0 Å². The molecule has 0 heterocycles. The van der Waals surface area contributed by atoms with E-state index in [2.05, 4.69) is 18.3 Å². The topological polar surface area (TPSA) is 88.4 Å². The summed E-state index contributed by atoms with van der Waals surface area (Å²) in [6.07, 6.45) is 1.86. The molecule has 1 aliphatic carbocycles. The number of rotatable bonds is 6. The predicted molar refractivity (Wildman–Crippen MR) is 117 cm³/mol. The molecule has 0 saturated heterocycles. The number of hydrogen-bond acceptors (Lipinski definition) is 6. The van der Waals surface area contributed by atoms with Crippen molar-refractivity contribution in [2.24, 2.45) is 0 Å². The SMILES string of the molecule is CCN[C@@H](C)CC1(C#N)c2ccc(C(=O)OC)cc2CCc2cc(C(=O)OC)ccc21. The van der Waals surface area contributed by atoms with Crippen molar-refractivity contribution in [2.75, 3.05) is 20.8 Å². The van der Waals surface area contributed by atoms with Crippen molar-refractivity contribution in [3.8, 4) is 6.07 Å². The molecule has 1 aliphatic rings. The normalized spacial score (nSPS) is 14.9. The van der Waals surface area contributed by atoms with Crippen molar-refractivity contribution in [1.29, 1.82) is 5.26 Å². The first-order valence-electron chi connectivity index (χ1n) is 10.5. The van der Waals surface area contributed by atoms with Crippen LogP contribution in [0.3, 0.4) is 0 Å². The summed E-state index contributed by atoms with van der Waals surface area (Å²) in [5.74, 6) is -0.803. The van der Waals surface area contributed by atoms with Crippen LogP contribution in [0.4, 0.5) is 0 Å². The number of fused-ring (bicyclic) bond motifs is 2. The van der Waals surface area contributed by atoms with Crippen LogP contribution in [-0.2, 0) is 27.7 Å². The molecular formula is C25H28N2O4. The highest BCUT2D eigenvalue weighted by atomic mass is 16.5. The lowest BCUT2D eigenvalue weighted by Gasteiger charge is -2.32. The van der Waals surface area contributed by atoms with E-state index >= 15 is 0 Å². The first-order chi connectivity index (χ1) is 14.9. The van der Waals surface area contributed by atoms with Crippen LogP contribution < -0.4 is 5.32 Å². The summed E-state index contributed by atoms with van der Waals surface area (Å²) >= 11 is 0. The highest BCUT2D eigenvalue weighted by Crippen LogP contribution is 2.43. The lowest BCUT2D eigenvalue weighted by Crippen LogP contribution is -2.37. The Balaban J connectivity index is 2.23. The zero-order valence-corrected chi connectivity index (χ0v) is 18.5. The maximum Gasteiger partial charge on any atom is 0.337 e. The number of nitriles is 1. The van der Waals surface area contributed by atoms with Gasteiger partial charge >= 0.3 is 11.9 Å². The summed E-state index contributed by atoms with van der Waals surface area (Å²) in [6.45, 7) is 4.90. The molecule has 162 valence electrons. The van der Waals surface area contributed by atoms with E-state index in [9.17, 15) is 14.9 Å². The summed E-state index contributed by atoms with van der Waals surface area (Å²) in [6, 6.07) is 13.6. The molecule has 0 aromatic heterocycles. The summed E-state index contributed by atoms with van der Waals surface area (Å²) in [5.41, 5.74) is 3.72. The number of ether oxygens (including phenoxy) is 2. The second-order valence-electron chi connectivity index (χ2n) is 7.91. The molecule has 0 saturated carbocycles. The van der Waals surface area contributed by atoms with Gasteiger partial charge in [0.05, 0.1) is 31.4 Å². The van der Waals surface area contributed by atoms with E-state index in [4.69, 9.17) is 9.47 Å². The van der Waals surface area contributed by atoms with Gasteiger partial charge in [0.1, 0.15) is 5.41 Å². The minimum Gasteiger partial charge on any atom is -0.465 e. The Bertz CT molecular complexity index is 971. The number of nitrogens with zero attached hydrogens (tertiary/aromatic N) is 1. The highest BCUT2D eigenvalue weighted by Gasteiger charge is 2.41. The number of carbonyl (C=O) groups excluding carboxylic acids is 2. The van der Waals surface area contributed by atoms with E-state index in [1.54, 1.807) is 12.1 Å². The average molecular weight is 421 g/mol. The van der Waals surface area contributed by atoms with Gasteiger partial charge in [-0.2, -0.15) is 5.26 Å². The van der Waals surface area contributed by atoms with Crippen LogP contribution in [0.2, 0.25) is 0 Å². The van der Waals surface area contributed by atoms with Crippen LogP contribution in [0, 0.1) is 11.3 Å². The molecule has 2 aromatic carbocycles. The maximum absolute atomic E-state index is 12.1. The highest BCUT2D eigenvalue weighted by molar-refractivity contribution is 5.90. The van der Waals surface area contributed by atoms with E-state index in [-0.39, 0.29) is 6.04 Å². The third kappa shape index (κ3) is 4.19. The molecule has 0 bridgehead atoms. The number of nitrogens with one attached hydrogen (secondary N) is 1. The first kappa shape index (κ1) is 22.5. The minimum absolute atomic E-state index is 0.0871. The van der Waals surface area contributed by atoms with Gasteiger partial charge in [-0.05, 0) is 79.3 Å². The number of hydrogen-bond donors (Lipinski definition) is 1. The Morgan fingerprint density at radius 1 is 1.03 bits per heavy atom. The molecule has 0 fully saturated rings. The van der Waals surface area contributed by atoms with Gasteiger partial charge in [-0.25, -0.2) is 9.59 Å². The monoisotopic (exact) mass is 420 g/mol. The Morgan fingerprint density at radius 3 is 1.90 bits per heavy atom.